The molecule has 0 saturated carbocycles. The summed E-state index contributed by atoms with van der Waals surface area (Å²) in [6.07, 6.45) is 5.27. The van der Waals surface area contributed by atoms with Crippen LogP contribution in [0.3, 0.4) is 0 Å². The molecule has 1 aliphatic rings. The number of Topliss-reactive ketones (excluding diaryl/α,β-unsaturated/α-hetero) is 1. The van der Waals surface area contributed by atoms with Gasteiger partial charge in [0.05, 0.1) is 0 Å². The molecule has 1 aliphatic heterocycles. The lowest BCUT2D eigenvalue weighted by molar-refractivity contribution is 0.101. The van der Waals surface area contributed by atoms with Gasteiger partial charge in [0.15, 0.2) is 5.78 Å². The Morgan fingerprint density at radius 1 is 0.929 bits per heavy atom. The van der Waals surface area contributed by atoms with Crippen LogP contribution in [0.4, 0.5) is 23.4 Å². The highest BCUT2D eigenvalue weighted by atomic mass is 16.1. The minimum absolute atomic E-state index is 0.0265. The molecule has 0 amide bonds. The van der Waals surface area contributed by atoms with Crippen LogP contribution in [-0.4, -0.2) is 51.9 Å². The summed E-state index contributed by atoms with van der Waals surface area (Å²) < 4.78 is 0. The van der Waals surface area contributed by atoms with Crippen LogP contribution in [0.25, 0.3) is 0 Å². The van der Waals surface area contributed by atoms with Crippen LogP contribution in [0.15, 0.2) is 55.0 Å². The number of nitrogens with zero attached hydrogens (tertiary/aromatic N) is 6. The summed E-state index contributed by atoms with van der Waals surface area (Å²) in [5.41, 5.74) is 1.44. The van der Waals surface area contributed by atoms with Crippen LogP contribution >= 0.6 is 0 Å². The predicted octanol–water partition coefficient (Wildman–Crippen LogP) is 2.54. The van der Waals surface area contributed by atoms with Gasteiger partial charge in [0.25, 0.3) is 0 Å². The molecule has 28 heavy (non-hydrogen) atoms. The zero-order valence-corrected chi connectivity index (χ0v) is 15.6. The fourth-order valence-corrected chi connectivity index (χ4v) is 3.12. The molecule has 142 valence electrons. The highest BCUT2D eigenvalue weighted by Gasteiger charge is 2.20. The van der Waals surface area contributed by atoms with Gasteiger partial charge in [0.2, 0.25) is 11.9 Å². The first-order valence-corrected chi connectivity index (χ1v) is 9.17. The van der Waals surface area contributed by atoms with Crippen molar-refractivity contribution in [1.82, 2.24) is 19.9 Å². The molecular formula is C20H21N7O. The number of piperazine rings is 1. The van der Waals surface area contributed by atoms with E-state index in [4.69, 9.17) is 0 Å². The van der Waals surface area contributed by atoms with Gasteiger partial charge in [-0.1, -0.05) is 12.1 Å². The minimum Gasteiger partial charge on any atom is -0.353 e. The number of benzene rings is 1. The van der Waals surface area contributed by atoms with Crippen molar-refractivity contribution >= 4 is 29.2 Å². The molecule has 1 N–H and O–H groups in total. The Morgan fingerprint density at radius 3 is 2.43 bits per heavy atom. The molecule has 1 saturated heterocycles. The summed E-state index contributed by atoms with van der Waals surface area (Å²) in [6.45, 7) is 4.87. The highest BCUT2D eigenvalue weighted by molar-refractivity contribution is 5.95. The van der Waals surface area contributed by atoms with Gasteiger partial charge in [-0.15, -0.1) is 0 Å². The van der Waals surface area contributed by atoms with E-state index >= 15 is 0 Å². The van der Waals surface area contributed by atoms with Crippen molar-refractivity contribution in [1.29, 1.82) is 0 Å². The standard InChI is InChI=1S/C20H21N7O/c1-15(28)16-4-2-5-17(14-16)24-19-21-9-6-18(25-19)26-10-12-27(13-11-26)20-22-7-3-8-23-20/h2-9,14H,10-13H2,1H3,(H,21,24,25). The molecule has 1 fully saturated rings. The topological polar surface area (TPSA) is 87.1 Å². The molecule has 8 heteroatoms. The van der Waals surface area contributed by atoms with Crippen molar-refractivity contribution in [3.63, 3.8) is 0 Å². The average Bonchev–Trinajstić information content (AvgIpc) is 2.75. The summed E-state index contributed by atoms with van der Waals surface area (Å²) in [7, 11) is 0. The first-order chi connectivity index (χ1) is 13.7. The Hall–Kier alpha value is -3.55. The summed E-state index contributed by atoms with van der Waals surface area (Å²) >= 11 is 0. The van der Waals surface area contributed by atoms with Crippen LogP contribution < -0.4 is 15.1 Å². The van der Waals surface area contributed by atoms with Crippen molar-refractivity contribution in [3.05, 3.63) is 60.6 Å². The summed E-state index contributed by atoms with van der Waals surface area (Å²) in [5, 5.41) is 3.18. The molecule has 0 radical (unpaired) electrons. The Kier molecular flexibility index (Phi) is 5.09. The zero-order chi connectivity index (χ0) is 19.3. The predicted molar refractivity (Wildman–Crippen MR) is 108 cm³/mol. The van der Waals surface area contributed by atoms with Crippen LogP contribution in [0.5, 0.6) is 0 Å². The van der Waals surface area contributed by atoms with Gasteiger partial charge < -0.3 is 15.1 Å². The number of aromatic nitrogens is 4. The Balaban J connectivity index is 1.43. The van der Waals surface area contributed by atoms with Crippen LogP contribution in [-0.2, 0) is 0 Å². The normalized spacial score (nSPS) is 14.0. The lowest BCUT2D eigenvalue weighted by atomic mass is 10.1. The third kappa shape index (κ3) is 4.06. The third-order valence-corrected chi connectivity index (χ3v) is 4.60. The number of ketones is 1. The molecule has 0 bridgehead atoms. The number of hydrogen-bond acceptors (Lipinski definition) is 8. The summed E-state index contributed by atoms with van der Waals surface area (Å²) in [4.78, 5) is 33.5. The number of rotatable bonds is 5. The van der Waals surface area contributed by atoms with Gasteiger partial charge in [0, 0.05) is 56.0 Å². The van der Waals surface area contributed by atoms with Crippen LogP contribution in [0.2, 0.25) is 0 Å². The largest absolute Gasteiger partial charge is 0.353 e. The van der Waals surface area contributed by atoms with Gasteiger partial charge in [-0.3, -0.25) is 4.79 Å². The van der Waals surface area contributed by atoms with Crippen LogP contribution in [0.1, 0.15) is 17.3 Å². The molecule has 1 aromatic carbocycles. The number of carbonyl (C=O) groups excluding carboxylic acids is 1. The number of hydrogen-bond donors (Lipinski definition) is 1. The van der Waals surface area contributed by atoms with E-state index in [1.165, 1.54) is 0 Å². The molecule has 0 aliphatic carbocycles. The quantitative estimate of drug-likeness (QED) is 0.681. The first-order valence-electron chi connectivity index (χ1n) is 9.17. The maximum atomic E-state index is 11.6. The van der Waals surface area contributed by atoms with Gasteiger partial charge in [-0.2, -0.15) is 4.98 Å². The number of anilines is 4. The SMILES string of the molecule is CC(=O)c1cccc(Nc2nccc(N3CCN(c4ncccn4)CC3)n2)c1. The molecule has 0 unspecified atom stereocenters. The fourth-order valence-electron chi connectivity index (χ4n) is 3.12. The van der Waals surface area contributed by atoms with Crippen molar-refractivity contribution < 1.29 is 4.79 Å². The van der Waals surface area contributed by atoms with E-state index in [9.17, 15) is 4.79 Å². The van der Waals surface area contributed by atoms with E-state index in [-0.39, 0.29) is 5.78 Å². The smallest absolute Gasteiger partial charge is 0.229 e. The third-order valence-electron chi connectivity index (χ3n) is 4.60. The second kappa shape index (κ2) is 7.99. The summed E-state index contributed by atoms with van der Waals surface area (Å²) in [6, 6.07) is 11.1. The van der Waals surface area contributed by atoms with Gasteiger partial charge >= 0.3 is 0 Å². The Bertz CT molecular complexity index is 956. The van der Waals surface area contributed by atoms with Crippen molar-refractivity contribution in [2.45, 2.75) is 6.92 Å². The minimum atomic E-state index is 0.0265. The lowest BCUT2D eigenvalue weighted by Crippen LogP contribution is -2.47. The highest BCUT2D eigenvalue weighted by Crippen LogP contribution is 2.19. The van der Waals surface area contributed by atoms with E-state index in [0.29, 0.717) is 11.5 Å². The zero-order valence-electron chi connectivity index (χ0n) is 15.6. The average molecular weight is 375 g/mol. The van der Waals surface area contributed by atoms with E-state index in [2.05, 4.69) is 35.1 Å². The number of nitrogens with one attached hydrogen (secondary N) is 1. The maximum Gasteiger partial charge on any atom is 0.229 e. The van der Waals surface area contributed by atoms with E-state index in [0.717, 1.165) is 43.6 Å². The lowest BCUT2D eigenvalue weighted by Gasteiger charge is -2.35. The van der Waals surface area contributed by atoms with E-state index in [1.54, 1.807) is 37.6 Å². The maximum absolute atomic E-state index is 11.6. The summed E-state index contributed by atoms with van der Waals surface area (Å²) in [5.74, 6) is 2.16. The monoisotopic (exact) mass is 375 g/mol. The Labute approximate surface area is 163 Å². The Morgan fingerprint density at radius 2 is 1.68 bits per heavy atom. The van der Waals surface area contributed by atoms with E-state index in [1.807, 2.05) is 24.3 Å². The van der Waals surface area contributed by atoms with Gasteiger partial charge in [-0.25, -0.2) is 15.0 Å². The van der Waals surface area contributed by atoms with Crippen LogP contribution in [0, 0.1) is 0 Å². The van der Waals surface area contributed by atoms with E-state index < -0.39 is 0 Å². The van der Waals surface area contributed by atoms with Crippen molar-refractivity contribution in [3.8, 4) is 0 Å². The fraction of sp³-hybridized carbons (Fsp3) is 0.250. The molecule has 0 spiro atoms. The van der Waals surface area contributed by atoms with Gasteiger partial charge in [-0.05, 0) is 31.2 Å². The molecule has 2 aromatic heterocycles. The molecule has 0 atom stereocenters. The molecule has 4 rings (SSSR count). The van der Waals surface area contributed by atoms with Crippen molar-refractivity contribution in [2.75, 3.05) is 41.3 Å². The number of carbonyl (C=O) groups is 1. The molecular weight excluding hydrogens is 354 g/mol. The second-order valence-electron chi connectivity index (χ2n) is 6.52. The second-order valence-corrected chi connectivity index (χ2v) is 6.52. The molecule has 3 aromatic rings. The molecule has 3 heterocycles. The van der Waals surface area contributed by atoms with Gasteiger partial charge in [0.1, 0.15) is 5.82 Å². The first kappa shape index (κ1) is 17.8. The van der Waals surface area contributed by atoms with Crippen molar-refractivity contribution in [2.24, 2.45) is 0 Å². The molecule has 8 nitrogen and oxygen atoms in total.